The van der Waals surface area contributed by atoms with Gasteiger partial charge in [-0.15, -0.1) is 0 Å². The lowest BCUT2D eigenvalue weighted by Crippen LogP contribution is -2.57. The third-order valence-electron chi connectivity index (χ3n) is 2.26. The minimum atomic E-state index is -0.385. The Kier molecular flexibility index (Phi) is 2.81. The Bertz CT molecular complexity index is 377. The van der Waals surface area contributed by atoms with Crippen molar-refractivity contribution in [2.45, 2.75) is 6.10 Å². The van der Waals surface area contributed by atoms with Crippen molar-refractivity contribution in [3.8, 4) is 5.75 Å². The second-order valence-corrected chi connectivity index (χ2v) is 4.36. The van der Waals surface area contributed by atoms with Crippen LogP contribution in [-0.4, -0.2) is 30.1 Å². The van der Waals surface area contributed by atoms with Crippen molar-refractivity contribution in [2.24, 2.45) is 5.73 Å². The van der Waals surface area contributed by atoms with E-state index in [4.69, 9.17) is 10.5 Å². The van der Waals surface area contributed by atoms with Gasteiger partial charge in [-0.05, 0) is 18.2 Å². The number of halogens is 1. The fourth-order valence-corrected chi connectivity index (χ4v) is 1.80. The van der Waals surface area contributed by atoms with Crippen LogP contribution in [0.15, 0.2) is 28.7 Å². The van der Waals surface area contributed by atoms with E-state index in [1.54, 1.807) is 4.90 Å². The number of rotatable bonds is 2. The fraction of sp³-hybridized carbons (Fsp3) is 0.300. The Labute approximate surface area is 96.1 Å². The van der Waals surface area contributed by atoms with Crippen molar-refractivity contribution in [1.82, 2.24) is 4.90 Å². The number of nitrogens with two attached hydrogens (primary N) is 1. The number of ether oxygens (including phenoxy) is 1. The van der Waals surface area contributed by atoms with Crippen molar-refractivity contribution < 1.29 is 9.53 Å². The van der Waals surface area contributed by atoms with E-state index in [2.05, 4.69) is 15.9 Å². The molecule has 0 radical (unpaired) electrons. The molecule has 1 aromatic carbocycles. The first-order valence-corrected chi connectivity index (χ1v) is 5.41. The molecule has 0 bridgehead atoms. The Morgan fingerprint density at radius 2 is 2.27 bits per heavy atom. The van der Waals surface area contributed by atoms with Crippen LogP contribution in [-0.2, 0) is 0 Å². The highest BCUT2D eigenvalue weighted by molar-refractivity contribution is 9.10. The van der Waals surface area contributed by atoms with Gasteiger partial charge in [-0.25, -0.2) is 4.79 Å². The quantitative estimate of drug-likeness (QED) is 0.888. The van der Waals surface area contributed by atoms with Crippen LogP contribution in [0, 0.1) is 0 Å². The van der Waals surface area contributed by atoms with E-state index in [1.165, 1.54) is 0 Å². The number of benzene rings is 1. The minimum Gasteiger partial charge on any atom is -0.487 e. The lowest BCUT2D eigenvalue weighted by atomic mass is 10.2. The van der Waals surface area contributed by atoms with Gasteiger partial charge in [0.15, 0.2) is 0 Å². The summed E-state index contributed by atoms with van der Waals surface area (Å²) in [6.07, 6.45) is 0.0619. The molecular formula is C10H11BrN2O2. The van der Waals surface area contributed by atoms with Crippen LogP contribution in [0.4, 0.5) is 4.79 Å². The monoisotopic (exact) mass is 270 g/mol. The largest absolute Gasteiger partial charge is 0.487 e. The van der Waals surface area contributed by atoms with Crippen molar-refractivity contribution in [3.63, 3.8) is 0 Å². The molecular weight excluding hydrogens is 260 g/mol. The van der Waals surface area contributed by atoms with Gasteiger partial charge in [0.2, 0.25) is 0 Å². The Hall–Kier alpha value is -1.23. The summed E-state index contributed by atoms with van der Waals surface area (Å²) in [7, 11) is 0. The van der Waals surface area contributed by atoms with Crippen molar-refractivity contribution in [1.29, 1.82) is 0 Å². The minimum absolute atomic E-state index is 0.0619. The summed E-state index contributed by atoms with van der Waals surface area (Å²) in [5.74, 6) is 0.804. The van der Waals surface area contributed by atoms with Crippen molar-refractivity contribution in [2.75, 3.05) is 13.1 Å². The van der Waals surface area contributed by atoms with E-state index >= 15 is 0 Å². The predicted molar refractivity (Wildman–Crippen MR) is 59.7 cm³/mol. The molecule has 1 aliphatic heterocycles. The van der Waals surface area contributed by atoms with Crippen LogP contribution in [0.5, 0.6) is 5.75 Å². The van der Waals surface area contributed by atoms with Gasteiger partial charge < -0.3 is 15.4 Å². The third kappa shape index (κ3) is 2.41. The number of carbonyl (C=O) groups is 1. The smallest absolute Gasteiger partial charge is 0.315 e. The molecule has 0 unspecified atom stereocenters. The van der Waals surface area contributed by atoms with E-state index in [-0.39, 0.29) is 12.1 Å². The molecule has 1 heterocycles. The lowest BCUT2D eigenvalue weighted by Gasteiger charge is -2.37. The van der Waals surface area contributed by atoms with Gasteiger partial charge in [0, 0.05) is 4.47 Å². The molecule has 80 valence electrons. The zero-order valence-corrected chi connectivity index (χ0v) is 9.61. The molecule has 0 saturated carbocycles. The Balaban J connectivity index is 1.87. The summed E-state index contributed by atoms with van der Waals surface area (Å²) in [5, 5.41) is 0. The van der Waals surface area contributed by atoms with Crippen LogP contribution in [0.1, 0.15) is 0 Å². The van der Waals surface area contributed by atoms with Gasteiger partial charge >= 0.3 is 6.03 Å². The number of urea groups is 1. The molecule has 1 fully saturated rings. The van der Waals surface area contributed by atoms with E-state index in [1.807, 2.05) is 24.3 Å². The highest BCUT2D eigenvalue weighted by Gasteiger charge is 2.30. The first kappa shape index (κ1) is 10.3. The van der Waals surface area contributed by atoms with Crippen LogP contribution in [0.2, 0.25) is 0 Å². The van der Waals surface area contributed by atoms with Crippen molar-refractivity contribution in [3.05, 3.63) is 28.7 Å². The molecule has 15 heavy (non-hydrogen) atoms. The summed E-state index contributed by atoms with van der Waals surface area (Å²) in [4.78, 5) is 12.3. The van der Waals surface area contributed by atoms with Gasteiger partial charge in [-0.3, -0.25) is 0 Å². The number of primary amides is 1. The number of nitrogens with zero attached hydrogens (tertiary/aromatic N) is 1. The molecule has 0 aliphatic carbocycles. The van der Waals surface area contributed by atoms with E-state index in [0.29, 0.717) is 13.1 Å². The van der Waals surface area contributed by atoms with Gasteiger partial charge in [-0.2, -0.15) is 0 Å². The van der Waals surface area contributed by atoms with Crippen LogP contribution >= 0.6 is 15.9 Å². The average molecular weight is 271 g/mol. The number of amides is 2. The lowest BCUT2D eigenvalue weighted by molar-refractivity contribution is 0.0477. The number of hydrogen-bond acceptors (Lipinski definition) is 2. The average Bonchev–Trinajstić information content (AvgIpc) is 2.10. The highest BCUT2D eigenvalue weighted by atomic mass is 79.9. The second kappa shape index (κ2) is 4.10. The fourth-order valence-electron chi connectivity index (χ4n) is 1.43. The topological polar surface area (TPSA) is 55.6 Å². The van der Waals surface area contributed by atoms with E-state index in [0.717, 1.165) is 10.2 Å². The van der Waals surface area contributed by atoms with E-state index < -0.39 is 0 Å². The standard InChI is InChI=1S/C10H11BrN2O2/c11-7-2-1-3-8(4-7)15-9-5-13(6-9)10(12)14/h1-4,9H,5-6H2,(H2,12,14). The van der Waals surface area contributed by atoms with Gasteiger partial charge in [0.1, 0.15) is 11.9 Å². The maximum atomic E-state index is 10.7. The highest BCUT2D eigenvalue weighted by Crippen LogP contribution is 2.21. The molecule has 1 aliphatic rings. The SMILES string of the molecule is NC(=O)N1CC(Oc2cccc(Br)c2)C1. The maximum Gasteiger partial charge on any atom is 0.315 e. The summed E-state index contributed by atoms with van der Waals surface area (Å²) in [6.45, 7) is 1.14. The van der Waals surface area contributed by atoms with Crippen LogP contribution in [0.3, 0.4) is 0 Å². The molecule has 4 nitrogen and oxygen atoms in total. The summed E-state index contributed by atoms with van der Waals surface area (Å²) in [5.41, 5.74) is 5.10. The molecule has 0 aromatic heterocycles. The molecule has 1 aromatic rings. The Morgan fingerprint density at radius 1 is 1.53 bits per heavy atom. The molecule has 5 heteroatoms. The third-order valence-corrected chi connectivity index (χ3v) is 2.75. The summed E-state index contributed by atoms with van der Waals surface area (Å²) < 4.78 is 6.61. The number of likely N-dealkylation sites (tertiary alicyclic amines) is 1. The molecule has 2 amide bonds. The normalized spacial score (nSPS) is 15.9. The molecule has 0 spiro atoms. The van der Waals surface area contributed by atoms with E-state index in [9.17, 15) is 4.79 Å². The van der Waals surface area contributed by atoms with Crippen molar-refractivity contribution >= 4 is 22.0 Å². The predicted octanol–water partition coefficient (Wildman–Crippen LogP) is 1.59. The van der Waals surface area contributed by atoms with Crippen LogP contribution in [0.25, 0.3) is 0 Å². The summed E-state index contributed by atoms with van der Waals surface area (Å²) in [6, 6.07) is 7.24. The van der Waals surface area contributed by atoms with Gasteiger partial charge in [0.25, 0.3) is 0 Å². The zero-order chi connectivity index (χ0) is 10.8. The first-order chi connectivity index (χ1) is 7.15. The summed E-state index contributed by atoms with van der Waals surface area (Å²) >= 11 is 3.36. The van der Waals surface area contributed by atoms with Gasteiger partial charge in [-0.1, -0.05) is 22.0 Å². The van der Waals surface area contributed by atoms with Crippen LogP contribution < -0.4 is 10.5 Å². The molecule has 2 N–H and O–H groups in total. The molecule has 1 saturated heterocycles. The molecule has 0 atom stereocenters. The first-order valence-electron chi connectivity index (χ1n) is 4.62. The maximum absolute atomic E-state index is 10.7. The zero-order valence-electron chi connectivity index (χ0n) is 8.02. The Morgan fingerprint density at radius 3 is 2.87 bits per heavy atom. The van der Waals surface area contributed by atoms with Gasteiger partial charge in [0.05, 0.1) is 13.1 Å². The molecule has 2 rings (SSSR count). The number of hydrogen-bond donors (Lipinski definition) is 1. The number of carbonyl (C=O) groups excluding carboxylic acids is 1. The second-order valence-electron chi connectivity index (χ2n) is 3.44.